The fourth-order valence-electron chi connectivity index (χ4n) is 3.73. The molecule has 0 fully saturated rings. The van der Waals surface area contributed by atoms with E-state index in [1.807, 2.05) is 6.92 Å². The molecule has 0 saturated heterocycles. The van der Waals surface area contributed by atoms with Crippen molar-refractivity contribution in [1.29, 1.82) is 0 Å². The molecule has 3 rings (SSSR count). The first-order chi connectivity index (χ1) is 15.8. The van der Waals surface area contributed by atoms with Gasteiger partial charge < -0.3 is 4.74 Å². The van der Waals surface area contributed by atoms with Crippen LogP contribution >= 0.6 is 51.7 Å². The standard InChI is InChI=1S/C25H28O2P.BrH.3ClH.Fe/c1-2-27-25(26)20-12-13-21-28(22-14-6-3-7-15-22,23-16-8-4-9-17-23)24-18-10-5-11-19-24;;;;;/h3-11,14-19H,2,12-13,20-21H2,1H3;4*1H;/q+1;;;;;+3/p-4. The first-order valence-electron chi connectivity index (χ1n) is 10.5. The van der Waals surface area contributed by atoms with Crippen molar-refractivity contribution in [3.63, 3.8) is 0 Å². The second-order valence-corrected chi connectivity index (χ2v) is 25.8. The minimum absolute atomic E-state index is 0.0921. The Morgan fingerprint density at radius 1 is 0.788 bits per heavy atom. The molecule has 2 nitrogen and oxygen atoms in total. The van der Waals surface area contributed by atoms with Gasteiger partial charge in [-0.2, -0.15) is 0 Å². The first kappa shape index (κ1) is 28.7. The topological polar surface area (TPSA) is 26.3 Å². The van der Waals surface area contributed by atoms with Crippen molar-refractivity contribution in [2.45, 2.75) is 26.2 Å². The summed E-state index contributed by atoms with van der Waals surface area (Å²) in [5.41, 5.74) is 0. The Bertz CT molecular complexity index is 855. The van der Waals surface area contributed by atoms with Crippen LogP contribution in [0.25, 0.3) is 0 Å². The molecule has 0 radical (unpaired) electrons. The quantitative estimate of drug-likeness (QED) is 0.105. The molecule has 0 aliphatic heterocycles. The van der Waals surface area contributed by atoms with Gasteiger partial charge in [0.1, 0.15) is 23.2 Å². The van der Waals surface area contributed by atoms with Crippen LogP contribution in [0.15, 0.2) is 91.0 Å². The third kappa shape index (κ3) is 9.90. The molecule has 8 heteroatoms. The van der Waals surface area contributed by atoms with Crippen molar-refractivity contribution in [2.24, 2.45) is 0 Å². The van der Waals surface area contributed by atoms with Gasteiger partial charge in [0.15, 0.2) is 0 Å². The molecular formula is C25H28BrCl3FeO2P. The third-order valence-corrected chi connectivity index (χ3v) is 9.55. The number of halogens is 4. The molecule has 0 spiro atoms. The van der Waals surface area contributed by atoms with Gasteiger partial charge in [0, 0.05) is 6.42 Å². The molecule has 0 bridgehead atoms. The van der Waals surface area contributed by atoms with Crippen molar-refractivity contribution in [3.8, 4) is 0 Å². The van der Waals surface area contributed by atoms with Gasteiger partial charge >= 0.3 is 58.7 Å². The summed E-state index contributed by atoms with van der Waals surface area (Å²) in [5.74, 6) is -0.0921. The summed E-state index contributed by atoms with van der Waals surface area (Å²) in [7, 11) is 11.3. The van der Waals surface area contributed by atoms with Crippen LogP contribution in [0.2, 0.25) is 0 Å². The number of benzene rings is 3. The molecule has 0 unspecified atom stereocenters. The molecule has 3 aromatic rings. The molecule has 0 aliphatic rings. The summed E-state index contributed by atoms with van der Waals surface area (Å²) >= 11 is 2.80. The van der Waals surface area contributed by atoms with Crippen molar-refractivity contribution in [1.82, 2.24) is 0 Å². The van der Waals surface area contributed by atoms with Crippen LogP contribution in [0.5, 0.6) is 0 Å². The number of hydrogen-bond donors (Lipinski definition) is 0. The van der Waals surface area contributed by atoms with Crippen LogP contribution in [0.1, 0.15) is 26.2 Å². The fraction of sp³-hybridized carbons (Fsp3) is 0.240. The van der Waals surface area contributed by atoms with Crippen molar-refractivity contribution in [2.75, 3.05) is 12.8 Å². The Kier molecular flexibility index (Phi) is 12.8. The number of unbranched alkanes of at least 4 members (excludes halogenated alkanes) is 1. The average molecular weight is 634 g/mol. The van der Waals surface area contributed by atoms with E-state index in [9.17, 15) is 4.79 Å². The number of carbonyl (C=O) groups excluding carboxylic acids is 1. The third-order valence-electron chi connectivity index (χ3n) is 5.02. The van der Waals surface area contributed by atoms with Crippen molar-refractivity contribution in [3.05, 3.63) is 91.0 Å². The monoisotopic (exact) mass is 631 g/mol. The summed E-state index contributed by atoms with van der Waals surface area (Å²) in [4.78, 5) is 11.8. The van der Waals surface area contributed by atoms with Gasteiger partial charge in [-0.25, -0.2) is 0 Å². The number of ether oxygens (including phenoxy) is 1. The summed E-state index contributed by atoms with van der Waals surface area (Å²) in [6, 6.07) is 32.6. The summed E-state index contributed by atoms with van der Waals surface area (Å²) < 4.78 is 5.10. The molecular weight excluding hydrogens is 605 g/mol. The van der Waals surface area contributed by atoms with Gasteiger partial charge in [0.25, 0.3) is 0 Å². The van der Waals surface area contributed by atoms with E-state index in [1.54, 1.807) is 0 Å². The molecule has 0 aromatic heterocycles. The zero-order valence-corrected chi connectivity index (χ0v) is 24.2. The maximum atomic E-state index is 11.8. The van der Waals surface area contributed by atoms with E-state index in [1.165, 1.54) is 15.9 Å². The summed E-state index contributed by atoms with van der Waals surface area (Å²) in [5, 5.41) is 4.18. The number of rotatable bonds is 9. The summed E-state index contributed by atoms with van der Waals surface area (Å²) in [6.45, 7) is 2.31. The van der Waals surface area contributed by atoms with Gasteiger partial charge in [0.05, 0.1) is 12.8 Å². The van der Waals surface area contributed by atoms with Crippen molar-refractivity contribution >= 4 is 73.5 Å². The van der Waals surface area contributed by atoms with Gasteiger partial charge in [-0.3, -0.25) is 4.79 Å². The Balaban J connectivity index is 0.000000696. The van der Waals surface area contributed by atoms with Crippen LogP contribution in [0.4, 0.5) is 0 Å². The van der Waals surface area contributed by atoms with E-state index in [0.29, 0.717) is 13.0 Å². The molecule has 33 heavy (non-hydrogen) atoms. The normalized spacial score (nSPS) is 11.8. The molecule has 0 N–H and O–H groups in total. The van der Waals surface area contributed by atoms with E-state index in [4.69, 9.17) is 35.0 Å². The molecule has 181 valence electrons. The molecule has 0 heterocycles. The van der Waals surface area contributed by atoms with Gasteiger partial charge in [-0.15, -0.1) is 0 Å². The zero-order chi connectivity index (χ0) is 24.2. The van der Waals surface area contributed by atoms with Crippen LogP contribution in [0, 0.1) is 0 Å². The Labute approximate surface area is 219 Å². The van der Waals surface area contributed by atoms with Crippen LogP contribution in [-0.2, 0) is 17.8 Å². The first-order valence-corrected chi connectivity index (χ1v) is 19.8. The van der Waals surface area contributed by atoms with Crippen LogP contribution < -0.4 is 15.9 Å². The second-order valence-electron chi connectivity index (χ2n) is 7.11. The minimum atomic E-state index is -2.27. The Hall–Kier alpha value is -0.571. The second kappa shape index (κ2) is 14.7. The summed E-state index contributed by atoms with van der Waals surface area (Å²) in [6.07, 6.45) is 3.38. The van der Waals surface area contributed by atoms with Crippen LogP contribution in [0.3, 0.4) is 0 Å². The van der Waals surface area contributed by atoms with Crippen LogP contribution in [-0.4, -0.2) is 18.7 Å². The van der Waals surface area contributed by atoms with E-state index in [-0.39, 0.29) is 5.97 Å². The molecule has 0 aliphatic carbocycles. The molecule has 0 saturated carbocycles. The van der Waals surface area contributed by atoms with Crippen molar-refractivity contribution < 1.29 is 17.8 Å². The van der Waals surface area contributed by atoms with Gasteiger partial charge in [-0.1, -0.05) is 54.6 Å². The fourth-order valence-corrected chi connectivity index (χ4v) is 8.14. The SMILES string of the molecule is CCOC(=O)CCCC[P+](c1ccccc1)(c1ccccc1)c1ccccc1.[Cl][Fe-]([Cl])([Cl])[Br]. The number of hydrogen-bond acceptors (Lipinski definition) is 2. The maximum absolute atomic E-state index is 11.8. The average Bonchev–Trinajstić information content (AvgIpc) is 2.80. The van der Waals surface area contributed by atoms with E-state index in [2.05, 4.69) is 105 Å². The van der Waals surface area contributed by atoms with E-state index < -0.39 is 15.6 Å². The van der Waals surface area contributed by atoms with E-state index >= 15 is 0 Å². The predicted octanol–water partition coefficient (Wildman–Crippen LogP) is 7.63. The molecule has 0 amide bonds. The number of carbonyl (C=O) groups is 1. The predicted molar refractivity (Wildman–Crippen MR) is 147 cm³/mol. The van der Waals surface area contributed by atoms with Gasteiger partial charge in [0.2, 0.25) is 0 Å². The zero-order valence-electron chi connectivity index (χ0n) is 18.3. The number of esters is 1. The van der Waals surface area contributed by atoms with Gasteiger partial charge in [-0.05, 0) is 56.2 Å². The van der Waals surface area contributed by atoms with E-state index in [0.717, 1.165) is 19.0 Å². The Morgan fingerprint density at radius 2 is 1.15 bits per heavy atom. The molecule has 3 aromatic carbocycles. The molecule has 0 atom stereocenters. The Morgan fingerprint density at radius 3 is 1.48 bits per heavy atom.